The summed E-state index contributed by atoms with van der Waals surface area (Å²) in [4.78, 5) is 0. The maximum atomic E-state index is 12.7. The van der Waals surface area contributed by atoms with Crippen LogP contribution in [0.1, 0.15) is 59.6 Å². The first-order valence-electron chi connectivity index (χ1n) is 8.91. The van der Waals surface area contributed by atoms with Crippen LogP contribution in [0.4, 0.5) is 0 Å². The molecule has 4 nitrogen and oxygen atoms in total. The molecule has 1 fully saturated rings. The molecule has 0 amide bonds. The number of nitrogens with one attached hydrogen (secondary N) is 1. The summed E-state index contributed by atoms with van der Waals surface area (Å²) in [5, 5.41) is 0. The van der Waals surface area contributed by atoms with Crippen molar-refractivity contribution in [3.05, 3.63) is 35.4 Å². The van der Waals surface area contributed by atoms with Gasteiger partial charge >= 0.3 is 7.12 Å². The van der Waals surface area contributed by atoms with Gasteiger partial charge in [-0.25, -0.2) is 0 Å². The summed E-state index contributed by atoms with van der Waals surface area (Å²) in [6.45, 7) is 16.1. The lowest BCUT2D eigenvalue weighted by Crippen LogP contribution is -2.53. The topological polar surface area (TPSA) is 53.5 Å². The fourth-order valence-corrected chi connectivity index (χ4v) is 3.36. The molecule has 1 aliphatic heterocycles. The Morgan fingerprint density at radius 2 is 1.56 bits per heavy atom. The van der Waals surface area contributed by atoms with E-state index in [4.69, 9.17) is 9.31 Å². The Morgan fingerprint density at radius 3 is 2.00 bits per heavy atom. The van der Waals surface area contributed by atoms with E-state index in [1.807, 2.05) is 48.5 Å². The standard InChI is InChI=1S/C19H32BNO3S/c1-14-9-11-15(12-10-14)13-16(21-25(22)17(2,3)4)20-23-18(5,6)19(7,8)24-20/h9-12,16,21H,13H2,1-8H3/t16-,25?/m0/s1. The quantitative estimate of drug-likeness (QED) is 0.640. The maximum absolute atomic E-state index is 12.7. The fraction of sp³-hybridized carbons (Fsp3) is 0.684. The lowest BCUT2D eigenvalue weighted by molar-refractivity contribution is 0.00578. The summed E-state index contributed by atoms with van der Waals surface area (Å²) in [7, 11) is -0.447. The zero-order valence-corrected chi connectivity index (χ0v) is 17.6. The van der Waals surface area contributed by atoms with Crippen molar-refractivity contribution in [2.24, 2.45) is 0 Å². The molecule has 2 rings (SSSR count). The molecule has 0 spiro atoms. The van der Waals surface area contributed by atoms with E-state index in [0.717, 1.165) is 0 Å². The van der Waals surface area contributed by atoms with Gasteiger partial charge in [-0.05, 0) is 67.4 Å². The summed E-state index contributed by atoms with van der Waals surface area (Å²) in [6.07, 6.45) is 0.693. The van der Waals surface area contributed by atoms with Crippen LogP contribution >= 0.6 is 0 Å². The Bertz CT molecular complexity index is 567. The molecule has 1 heterocycles. The average Bonchev–Trinajstić information content (AvgIpc) is 2.68. The number of rotatable bonds is 5. The fourth-order valence-electron chi connectivity index (χ4n) is 2.54. The molecule has 2 atom stereocenters. The van der Waals surface area contributed by atoms with Gasteiger partial charge in [0.15, 0.2) is 0 Å². The van der Waals surface area contributed by atoms with Gasteiger partial charge in [0.2, 0.25) is 0 Å². The summed E-state index contributed by atoms with van der Waals surface area (Å²) in [5.41, 5.74) is 1.58. The van der Waals surface area contributed by atoms with E-state index in [9.17, 15) is 4.55 Å². The Hall–Kier alpha value is -0.525. The van der Waals surface area contributed by atoms with Crippen LogP contribution < -0.4 is 4.72 Å². The van der Waals surface area contributed by atoms with Crippen LogP contribution in [0, 0.1) is 6.92 Å². The van der Waals surface area contributed by atoms with Crippen molar-refractivity contribution < 1.29 is 13.9 Å². The third kappa shape index (κ3) is 5.01. The van der Waals surface area contributed by atoms with Crippen molar-refractivity contribution in [2.75, 3.05) is 0 Å². The highest BCUT2D eigenvalue weighted by atomic mass is 32.2. The number of hydrogen-bond acceptors (Lipinski definition) is 4. The highest BCUT2D eigenvalue weighted by Crippen LogP contribution is 2.38. The normalized spacial score (nSPS) is 22.0. The smallest absolute Gasteiger partial charge is 0.481 e. The lowest BCUT2D eigenvalue weighted by atomic mass is 9.75. The summed E-state index contributed by atoms with van der Waals surface area (Å²) < 4.78 is 28.0. The van der Waals surface area contributed by atoms with Crippen LogP contribution in [0.2, 0.25) is 0 Å². The second-order valence-electron chi connectivity index (χ2n) is 8.92. The van der Waals surface area contributed by atoms with Gasteiger partial charge in [-0.2, -0.15) is 0 Å². The zero-order chi connectivity index (χ0) is 19.0. The minimum absolute atomic E-state index is 0.191. The van der Waals surface area contributed by atoms with E-state index in [-0.39, 0.29) is 10.7 Å². The molecule has 0 bridgehead atoms. The van der Waals surface area contributed by atoms with Crippen molar-refractivity contribution in [1.82, 2.24) is 4.72 Å². The SMILES string of the molecule is Cc1ccc(C[C@H](N[S+]([O-])C(C)(C)C)B2OC(C)(C)C(C)(C)O2)cc1. The van der Waals surface area contributed by atoms with Crippen LogP contribution in [-0.2, 0) is 27.1 Å². The monoisotopic (exact) mass is 365 g/mol. The van der Waals surface area contributed by atoms with Crippen LogP contribution in [0.3, 0.4) is 0 Å². The molecule has 25 heavy (non-hydrogen) atoms. The van der Waals surface area contributed by atoms with E-state index in [1.54, 1.807) is 0 Å². The first-order valence-corrected chi connectivity index (χ1v) is 10.1. The minimum Gasteiger partial charge on any atom is -0.598 e. The Balaban J connectivity index is 2.22. The third-order valence-electron chi connectivity index (χ3n) is 4.99. The number of hydrogen-bond donors (Lipinski definition) is 1. The van der Waals surface area contributed by atoms with Crippen molar-refractivity contribution in [2.45, 2.75) is 83.7 Å². The molecular formula is C19H32BNO3S. The van der Waals surface area contributed by atoms with Gasteiger partial charge in [0.1, 0.15) is 4.75 Å². The van der Waals surface area contributed by atoms with E-state index in [2.05, 4.69) is 35.9 Å². The second kappa shape index (κ2) is 7.24. The van der Waals surface area contributed by atoms with Gasteiger partial charge in [-0.15, -0.1) is 4.72 Å². The molecule has 0 radical (unpaired) electrons. The van der Waals surface area contributed by atoms with Gasteiger partial charge in [-0.3, -0.25) is 0 Å². The summed E-state index contributed by atoms with van der Waals surface area (Å²) >= 11 is -1.20. The van der Waals surface area contributed by atoms with Gasteiger partial charge in [-0.1, -0.05) is 29.8 Å². The van der Waals surface area contributed by atoms with Crippen molar-refractivity contribution >= 4 is 18.5 Å². The van der Waals surface area contributed by atoms with E-state index in [0.29, 0.717) is 6.42 Å². The Labute approximate surface area is 156 Å². The average molecular weight is 365 g/mol. The second-order valence-corrected chi connectivity index (χ2v) is 10.9. The predicted molar refractivity (Wildman–Crippen MR) is 106 cm³/mol. The molecule has 1 N–H and O–H groups in total. The molecule has 0 saturated carbocycles. The van der Waals surface area contributed by atoms with Gasteiger partial charge in [0.25, 0.3) is 0 Å². The molecule has 140 valence electrons. The zero-order valence-electron chi connectivity index (χ0n) is 16.8. The predicted octanol–water partition coefficient (Wildman–Crippen LogP) is 3.59. The lowest BCUT2D eigenvalue weighted by Gasteiger charge is -2.32. The minimum atomic E-state index is -1.20. The molecule has 1 saturated heterocycles. The van der Waals surface area contributed by atoms with Crippen LogP contribution in [-0.4, -0.2) is 33.6 Å². The highest BCUT2D eigenvalue weighted by molar-refractivity contribution is 7.90. The Kier molecular flexibility index (Phi) is 6.02. The molecule has 6 heteroatoms. The van der Waals surface area contributed by atoms with Gasteiger partial charge < -0.3 is 13.9 Å². The Morgan fingerprint density at radius 1 is 1.08 bits per heavy atom. The van der Waals surface area contributed by atoms with Gasteiger partial charge in [0, 0.05) is 11.4 Å². The molecule has 1 aromatic carbocycles. The molecule has 1 aliphatic rings. The van der Waals surface area contributed by atoms with E-state index in [1.165, 1.54) is 11.1 Å². The number of benzene rings is 1. The van der Waals surface area contributed by atoms with Crippen molar-refractivity contribution in [3.8, 4) is 0 Å². The van der Waals surface area contributed by atoms with Crippen LogP contribution in [0.25, 0.3) is 0 Å². The molecule has 1 aromatic rings. The first-order chi connectivity index (χ1) is 11.3. The largest absolute Gasteiger partial charge is 0.598 e. The molecular weight excluding hydrogens is 333 g/mol. The summed E-state index contributed by atoms with van der Waals surface area (Å²) in [5.74, 6) is -0.191. The van der Waals surface area contributed by atoms with Crippen molar-refractivity contribution in [3.63, 3.8) is 0 Å². The van der Waals surface area contributed by atoms with Crippen LogP contribution in [0.15, 0.2) is 24.3 Å². The van der Waals surface area contributed by atoms with Crippen LogP contribution in [0.5, 0.6) is 0 Å². The van der Waals surface area contributed by atoms with E-state index >= 15 is 0 Å². The molecule has 1 unspecified atom stereocenters. The van der Waals surface area contributed by atoms with Gasteiger partial charge in [0.05, 0.1) is 17.1 Å². The maximum Gasteiger partial charge on any atom is 0.481 e. The summed E-state index contributed by atoms with van der Waals surface area (Å²) in [6, 6.07) is 8.40. The highest BCUT2D eigenvalue weighted by Gasteiger charge is 2.55. The molecule has 0 aliphatic carbocycles. The third-order valence-corrected chi connectivity index (χ3v) is 6.62. The van der Waals surface area contributed by atoms with E-state index < -0.39 is 29.7 Å². The first kappa shape index (κ1) is 20.8. The number of aryl methyl sites for hydroxylation is 1. The molecule has 0 aromatic heterocycles. The van der Waals surface area contributed by atoms with Crippen molar-refractivity contribution in [1.29, 1.82) is 0 Å².